The molecule has 0 fully saturated rings. The van der Waals surface area contributed by atoms with E-state index in [1.54, 1.807) is 18.2 Å². The fourth-order valence-corrected chi connectivity index (χ4v) is 0.627. The van der Waals surface area contributed by atoms with Crippen molar-refractivity contribution in [2.45, 2.75) is 6.61 Å². The Hall–Kier alpha value is -0.905. The minimum Gasteiger partial charge on any atom is -0.429 e. The van der Waals surface area contributed by atoms with Gasteiger partial charge in [0.25, 0.3) is 0 Å². The number of halogens is 1. The van der Waals surface area contributed by atoms with Crippen LogP contribution in [0.2, 0.25) is 0 Å². The van der Waals surface area contributed by atoms with Crippen LogP contribution in [0.25, 0.3) is 0 Å². The second kappa shape index (κ2) is 6.78. The molecule has 0 bridgehead atoms. The topological polar surface area (TPSA) is 60.7 Å². The molecule has 3 nitrogen and oxygen atoms in total. The molecule has 12 heavy (non-hydrogen) atoms. The molecule has 1 aromatic rings. The molecule has 65 valence electrons. The Kier molecular flexibility index (Phi) is 6.27. The van der Waals surface area contributed by atoms with Gasteiger partial charge in [-0.25, -0.2) is 4.39 Å². The maximum atomic E-state index is 12.4. The molecule has 0 saturated carbocycles. The Bertz CT molecular complexity index is 220. The average molecular weight is 171 g/mol. The lowest BCUT2D eigenvalue weighted by Crippen LogP contribution is -1.86. The van der Waals surface area contributed by atoms with E-state index in [1.807, 2.05) is 0 Å². The first-order valence-electron chi connectivity index (χ1n) is 3.20. The van der Waals surface area contributed by atoms with Crippen molar-refractivity contribution in [3.63, 3.8) is 0 Å². The lowest BCUT2D eigenvalue weighted by molar-refractivity contribution is 0.276. The van der Waals surface area contributed by atoms with E-state index >= 15 is 0 Å². The molecule has 0 aliphatic heterocycles. The highest BCUT2D eigenvalue weighted by atomic mass is 19.1. The fourth-order valence-electron chi connectivity index (χ4n) is 0.627. The lowest BCUT2D eigenvalue weighted by Gasteiger charge is -1.94. The van der Waals surface area contributed by atoms with Gasteiger partial charge in [0.1, 0.15) is 5.82 Å². The van der Waals surface area contributed by atoms with Crippen molar-refractivity contribution < 1.29 is 19.5 Å². The summed E-state index contributed by atoms with van der Waals surface area (Å²) in [4.78, 5) is 0. The molecule has 0 atom stereocenters. The lowest BCUT2D eigenvalue weighted by atomic mass is 10.2. The van der Waals surface area contributed by atoms with Crippen molar-refractivity contribution in [3.8, 4) is 0 Å². The van der Waals surface area contributed by atoms with E-state index in [1.165, 1.54) is 6.07 Å². The minimum absolute atomic E-state index is 0. The van der Waals surface area contributed by atoms with E-state index in [0.29, 0.717) is 5.56 Å². The van der Waals surface area contributed by atoms with Crippen LogP contribution in [0.4, 0.5) is 4.39 Å². The van der Waals surface area contributed by atoms with E-state index in [0.717, 1.165) is 0 Å². The van der Waals surface area contributed by atoms with Crippen LogP contribution in [0.1, 0.15) is 5.56 Å². The standard InChI is InChI=1S/C7H7FO.BH2O2/c8-7-4-2-1-3-6(7)5-9;2-1-3/h1-4,9H,5H2;2-3H. The van der Waals surface area contributed by atoms with Gasteiger partial charge in [-0.05, 0) is 6.07 Å². The quantitative estimate of drug-likeness (QED) is 0.513. The average Bonchev–Trinajstić information content (AvgIpc) is 2.07. The second-order valence-electron chi connectivity index (χ2n) is 1.86. The summed E-state index contributed by atoms with van der Waals surface area (Å²) in [6, 6.07) is 6.16. The third-order valence-electron chi connectivity index (χ3n) is 1.13. The Morgan fingerprint density at radius 3 is 2.08 bits per heavy atom. The highest BCUT2D eigenvalue weighted by Gasteiger charge is 1.94. The smallest absolute Gasteiger partial charge is 0.429 e. The van der Waals surface area contributed by atoms with Crippen molar-refractivity contribution in [2.75, 3.05) is 0 Å². The van der Waals surface area contributed by atoms with Gasteiger partial charge in [0.05, 0.1) is 6.61 Å². The molecule has 0 saturated heterocycles. The maximum absolute atomic E-state index is 12.4. The molecule has 0 heterocycles. The molecular formula is C7H9BFO3. The third-order valence-corrected chi connectivity index (χ3v) is 1.13. The molecule has 1 rings (SSSR count). The van der Waals surface area contributed by atoms with Crippen LogP contribution in [0.5, 0.6) is 0 Å². The molecule has 0 spiro atoms. The first-order chi connectivity index (χ1) is 5.76. The number of aliphatic hydroxyl groups is 1. The summed E-state index contributed by atoms with van der Waals surface area (Å²) in [5.41, 5.74) is 0.345. The predicted octanol–water partition coefficient (Wildman–Crippen LogP) is -0.177. The van der Waals surface area contributed by atoms with Crippen molar-refractivity contribution in [3.05, 3.63) is 35.6 Å². The van der Waals surface area contributed by atoms with Crippen LogP contribution < -0.4 is 0 Å². The summed E-state index contributed by atoms with van der Waals surface area (Å²) in [7, 11) is 0. The van der Waals surface area contributed by atoms with Crippen LogP contribution in [0.15, 0.2) is 24.3 Å². The normalized spacial score (nSPS) is 8.33. The summed E-state index contributed by atoms with van der Waals surface area (Å²) in [5.74, 6) is -0.347. The molecule has 1 radical (unpaired) electrons. The molecule has 1 aromatic carbocycles. The molecule has 0 aromatic heterocycles. The van der Waals surface area contributed by atoms with Gasteiger partial charge in [-0.1, -0.05) is 18.2 Å². The molecular weight excluding hydrogens is 162 g/mol. The molecule has 0 unspecified atom stereocenters. The van der Waals surface area contributed by atoms with Gasteiger partial charge in [-0.2, -0.15) is 0 Å². The zero-order valence-electron chi connectivity index (χ0n) is 6.31. The van der Waals surface area contributed by atoms with E-state index in [2.05, 4.69) is 0 Å². The van der Waals surface area contributed by atoms with Crippen molar-refractivity contribution in [2.24, 2.45) is 0 Å². The van der Waals surface area contributed by atoms with Gasteiger partial charge in [0, 0.05) is 5.56 Å². The Morgan fingerprint density at radius 2 is 1.75 bits per heavy atom. The predicted molar refractivity (Wildman–Crippen MR) is 42.5 cm³/mol. The zero-order chi connectivity index (χ0) is 9.40. The van der Waals surface area contributed by atoms with Crippen LogP contribution >= 0.6 is 0 Å². The Morgan fingerprint density at radius 1 is 1.25 bits per heavy atom. The number of rotatable bonds is 1. The number of benzene rings is 1. The van der Waals surface area contributed by atoms with Crippen LogP contribution in [0, 0.1) is 5.82 Å². The fraction of sp³-hybridized carbons (Fsp3) is 0.143. The zero-order valence-corrected chi connectivity index (χ0v) is 6.31. The van der Waals surface area contributed by atoms with E-state index in [4.69, 9.17) is 15.2 Å². The molecule has 5 heteroatoms. The molecule has 0 aliphatic carbocycles. The maximum Gasteiger partial charge on any atom is 0.482 e. The van der Waals surface area contributed by atoms with Crippen LogP contribution in [-0.4, -0.2) is 22.8 Å². The van der Waals surface area contributed by atoms with E-state index in [9.17, 15) is 4.39 Å². The van der Waals surface area contributed by atoms with Gasteiger partial charge >= 0.3 is 7.69 Å². The third kappa shape index (κ3) is 4.07. The summed E-state index contributed by atoms with van der Waals surface area (Å²) in [6.45, 7) is -0.229. The first-order valence-corrected chi connectivity index (χ1v) is 3.20. The van der Waals surface area contributed by atoms with Crippen molar-refractivity contribution in [1.82, 2.24) is 0 Å². The molecule has 3 N–H and O–H groups in total. The largest absolute Gasteiger partial charge is 0.482 e. The van der Waals surface area contributed by atoms with Crippen molar-refractivity contribution >= 4 is 7.69 Å². The van der Waals surface area contributed by atoms with Crippen molar-refractivity contribution in [1.29, 1.82) is 0 Å². The summed E-state index contributed by atoms with van der Waals surface area (Å²) < 4.78 is 12.4. The van der Waals surface area contributed by atoms with Gasteiger partial charge in [0.2, 0.25) is 0 Å². The van der Waals surface area contributed by atoms with Gasteiger partial charge in [0.15, 0.2) is 0 Å². The SMILES string of the molecule is OCc1ccccc1F.O[B]O. The summed E-state index contributed by atoms with van der Waals surface area (Å²) in [5, 5.41) is 22.5. The number of aliphatic hydroxyl groups excluding tert-OH is 1. The van der Waals surface area contributed by atoms with E-state index < -0.39 is 0 Å². The molecule has 0 amide bonds. The summed E-state index contributed by atoms with van der Waals surface area (Å²) in [6.07, 6.45) is 0. The monoisotopic (exact) mass is 171 g/mol. The van der Waals surface area contributed by atoms with E-state index in [-0.39, 0.29) is 20.1 Å². The number of hydrogen-bond donors (Lipinski definition) is 3. The van der Waals surface area contributed by atoms with Gasteiger partial charge in [-0.15, -0.1) is 0 Å². The summed E-state index contributed by atoms with van der Waals surface area (Å²) >= 11 is 0. The highest BCUT2D eigenvalue weighted by molar-refractivity contribution is 6.13. The number of hydrogen-bond acceptors (Lipinski definition) is 3. The minimum atomic E-state index is -0.347. The second-order valence-corrected chi connectivity index (χ2v) is 1.86. The van der Waals surface area contributed by atoms with Gasteiger partial charge in [-0.3, -0.25) is 0 Å². The Labute approximate surface area is 70.4 Å². The molecule has 0 aliphatic rings. The van der Waals surface area contributed by atoms with Crippen LogP contribution in [-0.2, 0) is 6.61 Å². The highest BCUT2D eigenvalue weighted by Crippen LogP contribution is 2.04. The first kappa shape index (κ1) is 11.1. The Balaban J connectivity index is 0.000000354. The van der Waals surface area contributed by atoms with Gasteiger partial charge < -0.3 is 15.2 Å². The van der Waals surface area contributed by atoms with Crippen LogP contribution in [0.3, 0.4) is 0 Å².